The summed E-state index contributed by atoms with van der Waals surface area (Å²) in [7, 11) is -1.89. The first-order valence-corrected chi connectivity index (χ1v) is 9.05. The third-order valence-corrected chi connectivity index (χ3v) is 4.50. The molecular formula is C12H17F2NOSi. The standard InChI is InChI=1S/C12H17F2NOSi/c1-5-15-12(16)10-9(17(2,3)4)7-6-8(13)11(10)14/h6-7H,5H2,1-4H3,(H,15,16). The van der Waals surface area contributed by atoms with E-state index in [2.05, 4.69) is 5.32 Å². The van der Waals surface area contributed by atoms with Crippen molar-refractivity contribution in [2.45, 2.75) is 26.6 Å². The minimum Gasteiger partial charge on any atom is -0.352 e. The summed E-state index contributed by atoms with van der Waals surface area (Å²) in [6, 6.07) is 2.61. The molecule has 1 amide bonds. The van der Waals surface area contributed by atoms with Crippen LogP contribution in [0.1, 0.15) is 17.3 Å². The second-order valence-electron chi connectivity index (χ2n) is 4.89. The lowest BCUT2D eigenvalue weighted by molar-refractivity contribution is 0.0952. The highest BCUT2D eigenvalue weighted by molar-refractivity contribution is 6.89. The molecule has 0 saturated carbocycles. The zero-order chi connectivity index (χ0) is 13.2. The van der Waals surface area contributed by atoms with Crippen molar-refractivity contribution in [1.29, 1.82) is 0 Å². The molecule has 0 heterocycles. The third-order valence-electron chi connectivity index (χ3n) is 2.47. The second-order valence-corrected chi connectivity index (χ2v) is 9.93. The van der Waals surface area contributed by atoms with E-state index < -0.39 is 25.6 Å². The number of nitrogens with one attached hydrogen (secondary N) is 1. The van der Waals surface area contributed by atoms with E-state index in [4.69, 9.17) is 0 Å². The van der Waals surface area contributed by atoms with Crippen molar-refractivity contribution < 1.29 is 13.6 Å². The fourth-order valence-electron chi connectivity index (χ4n) is 1.65. The number of rotatable bonds is 3. The molecule has 1 N–H and O–H groups in total. The van der Waals surface area contributed by atoms with Crippen LogP contribution in [0.4, 0.5) is 8.78 Å². The molecule has 0 aliphatic carbocycles. The fraction of sp³-hybridized carbons (Fsp3) is 0.417. The number of carbonyl (C=O) groups excluding carboxylic acids is 1. The van der Waals surface area contributed by atoms with Gasteiger partial charge in [0.05, 0.1) is 13.6 Å². The Balaban J connectivity index is 3.42. The molecule has 0 spiro atoms. The van der Waals surface area contributed by atoms with Gasteiger partial charge in [0.25, 0.3) is 5.91 Å². The molecular weight excluding hydrogens is 240 g/mol. The number of hydrogen-bond donors (Lipinski definition) is 1. The molecule has 0 saturated heterocycles. The van der Waals surface area contributed by atoms with Gasteiger partial charge in [-0.3, -0.25) is 4.79 Å². The van der Waals surface area contributed by atoms with Crippen LogP contribution in [0.2, 0.25) is 19.6 Å². The van der Waals surface area contributed by atoms with E-state index in [0.29, 0.717) is 11.7 Å². The van der Waals surface area contributed by atoms with Gasteiger partial charge in [0, 0.05) is 6.54 Å². The Bertz CT molecular complexity index is 441. The summed E-state index contributed by atoms with van der Waals surface area (Å²) in [5.74, 6) is -2.56. The molecule has 0 aromatic heterocycles. The van der Waals surface area contributed by atoms with Gasteiger partial charge in [0.2, 0.25) is 0 Å². The number of hydrogen-bond acceptors (Lipinski definition) is 1. The maximum Gasteiger partial charge on any atom is 0.254 e. The summed E-state index contributed by atoms with van der Waals surface area (Å²) in [5.41, 5.74) is -0.133. The molecule has 0 radical (unpaired) electrons. The molecule has 0 aliphatic rings. The molecule has 94 valence electrons. The minimum absolute atomic E-state index is 0.133. The minimum atomic E-state index is -1.89. The maximum absolute atomic E-state index is 13.8. The van der Waals surface area contributed by atoms with Gasteiger partial charge in [0.15, 0.2) is 11.6 Å². The van der Waals surface area contributed by atoms with Crippen molar-refractivity contribution >= 4 is 19.2 Å². The van der Waals surface area contributed by atoms with Crippen LogP contribution < -0.4 is 10.5 Å². The Labute approximate surface area is 101 Å². The van der Waals surface area contributed by atoms with Crippen LogP contribution in [-0.2, 0) is 0 Å². The van der Waals surface area contributed by atoms with Gasteiger partial charge in [-0.2, -0.15) is 0 Å². The highest BCUT2D eigenvalue weighted by Gasteiger charge is 2.27. The highest BCUT2D eigenvalue weighted by Crippen LogP contribution is 2.14. The van der Waals surface area contributed by atoms with E-state index in [0.717, 1.165) is 6.07 Å². The van der Waals surface area contributed by atoms with E-state index in [-0.39, 0.29) is 5.56 Å². The van der Waals surface area contributed by atoms with Crippen molar-refractivity contribution in [3.63, 3.8) is 0 Å². The molecule has 0 unspecified atom stereocenters. The number of benzene rings is 1. The lowest BCUT2D eigenvalue weighted by Crippen LogP contribution is -2.44. The van der Waals surface area contributed by atoms with Gasteiger partial charge in [-0.05, 0) is 18.2 Å². The Morgan fingerprint density at radius 1 is 1.29 bits per heavy atom. The number of halogens is 2. The molecule has 5 heteroatoms. The average molecular weight is 257 g/mol. The number of amides is 1. The Kier molecular flexibility index (Phi) is 4.03. The third kappa shape index (κ3) is 2.91. The van der Waals surface area contributed by atoms with Crippen molar-refractivity contribution in [2.24, 2.45) is 0 Å². The average Bonchev–Trinajstić information content (AvgIpc) is 2.20. The molecule has 0 bridgehead atoms. The van der Waals surface area contributed by atoms with Crippen molar-refractivity contribution in [1.82, 2.24) is 5.32 Å². The Morgan fingerprint density at radius 3 is 2.35 bits per heavy atom. The zero-order valence-electron chi connectivity index (χ0n) is 10.5. The highest BCUT2D eigenvalue weighted by atomic mass is 28.3. The predicted molar refractivity (Wildman–Crippen MR) is 67.3 cm³/mol. The van der Waals surface area contributed by atoms with Crippen LogP contribution in [0.25, 0.3) is 0 Å². The molecule has 1 rings (SSSR count). The Hall–Kier alpha value is -1.23. The van der Waals surface area contributed by atoms with Crippen LogP contribution in [0, 0.1) is 11.6 Å². The molecule has 17 heavy (non-hydrogen) atoms. The van der Waals surface area contributed by atoms with Gasteiger partial charge < -0.3 is 5.32 Å². The van der Waals surface area contributed by atoms with Crippen LogP contribution >= 0.6 is 0 Å². The van der Waals surface area contributed by atoms with Gasteiger partial charge >= 0.3 is 0 Å². The largest absolute Gasteiger partial charge is 0.352 e. The zero-order valence-corrected chi connectivity index (χ0v) is 11.5. The smallest absolute Gasteiger partial charge is 0.254 e. The van der Waals surface area contributed by atoms with E-state index in [1.165, 1.54) is 6.07 Å². The topological polar surface area (TPSA) is 29.1 Å². The molecule has 0 atom stereocenters. The van der Waals surface area contributed by atoms with Crippen molar-refractivity contribution in [3.8, 4) is 0 Å². The van der Waals surface area contributed by atoms with Gasteiger partial charge in [-0.1, -0.05) is 25.7 Å². The van der Waals surface area contributed by atoms with Crippen LogP contribution in [0.15, 0.2) is 12.1 Å². The summed E-state index contributed by atoms with van der Waals surface area (Å²) >= 11 is 0. The lowest BCUT2D eigenvalue weighted by Gasteiger charge is -2.21. The lowest BCUT2D eigenvalue weighted by atomic mass is 10.2. The summed E-state index contributed by atoms with van der Waals surface area (Å²) in [4.78, 5) is 11.8. The van der Waals surface area contributed by atoms with Crippen LogP contribution in [-0.4, -0.2) is 20.5 Å². The predicted octanol–water partition coefficient (Wildman–Crippen LogP) is 2.26. The SMILES string of the molecule is CCNC(=O)c1c([Si](C)(C)C)ccc(F)c1F. The summed E-state index contributed by atoms with van der Waals surface area (Å²) in [6.07, 6.45) is 0. The fourth-order valence-corrected chi connectivity index (χ4v) is 3.20. The van der Waals surface area contributed by atoms with Gasteiger partial charge in [-0.15, -0.1) is 0 Å². The summed E-state index contributed by atoms with van der Waals surface area (Å²) < 4.78 is 27.0. The quantitative estimate of drug-likeness (QED) is 0.827. The van der Waals surface area contributed by atoms with Crippen LogP contribution in [0.3, 0.4) is 0 Å². The molecule has 1 aromatic carbocycles. The van der Waals surface area contributed by atoms with E-state index >= 15 is 0 Å². The first kappa shape index (κ1) is 13.8. The Morgan fingerprint density at radius 2 is 1.88 bits per heavy atom. The molecule has 0 aliphatic heterocycles. The molecule has 0 fully saturated rings. The van der Waals surface area contributed by atoms with Crippen LogP contribution in [0.5, 0.6) is 0 Å². The van der Waals surface area contributed by atoms with E-state index in [9.17, 15) is 13.6 Å². The summed E-state index contributed by atoms with van der Waals surface area (Å²) in [5, 5.41) is 3.16. The van der Waals surface area contributed by atoms with Crippen molar-refractivity contribution in [3.05, 3.63) is 29.3 Å². The monoisotopic (exact) mass is 257 g/mol. The molecule has 1 aromatic rings. The normalized spacial score (nSPS) is 11.4. The molecule has 2 nitrogen and oxygen atoms in total. The van der Waals surface area contributed by atoms with E-state index in [1.54, 1.807) is 6.92 Å². The second kappa shape index (κ2) is 4.95. The maximum atomic E-state index is 13.8. The first-order valence-electron chi connectivity index (χ1n) is 5.55. The number of carbonyl (C=O) groups is 1. The van der Waals surface area contributed by atoms with Crippen molar-refractivity contribution in [2.75, 3.05) is 6.54 Å². The van der Waals surface area contributed by atoms with Gasteiger partial charge in [-0.25, -0.2) is 8.78 Å². The van der Waals surface area contributed by atoms with E-state index in [1.807, 2.05) is 19.6 Å². The van der Waals surface area contributed by atoms with Gasteiger partial charge in [0.1, 0.15) is 0 Å². The first-order chi connectivity index (χ1) is 7.79. The summed E-state index contributed by atoms with van der Waals surface area (Å²) in [6.45, 7) is 8.09.